The van der Waals surface area contributed by atoms with Gasteiger partial charge in [0.15, 0.2) is 0 Å². The fourth-order valence-corrected chi connectivity index (χ4v) is 1.23. The van der Waals surface area contributed by atoms with Crippen LogP contribution in [0.1, 0.15) is 12.5 Å². The number of carboxylic acids is 1. The normalized spacial score (nSPS) is 12.5. The fourth-order valence-electron chi connectivity index (χ4n) is 1.04. The largest absolute Gasteiger partial charge is 0.480 e. The van der Waals surface area contributed by atoms with Gasteiger partial charge >= 0.3 is 5.97 Å². The van der Waals surface area contributed by atoms with Gasteiger partial charge in [-0.3, -0.25) is 4.79 Å². The summed E-state index contributed by atoms with van der Waals surface area (Å²) in [6, 6.07) is 3.74. The Morgan fingerprint density at radius 3 is 2.93 bits per heavy atom. The molecule has 0 aromatic heterocycles. The molecule has 2 N–H and O–H groups in total. The van der Waals surface area contributed by atoms with Crippen LogP contribution < -0.4 is 5.32 Å². The maximum Gasteiger partial charge on any atom is 0.320 e. The van der Waals surface area contributed by atoms with E-state index in [9.17, 15) is 9.18 Å². The van der Waals surface area contributed by atoms with Crippen molar-refractivity contribution in [3.05, 3.63) is 34.6 Å². The number of hydrogen-bond donors (Lipinski definition) is 2. The van der Waals surface area contributed by atoms with Crippen LogP contribution in [-0.4, -0.2) is 17.1 Å². The van der Waals surface area contributed by atoms with E-state index in [0.717, 1.165) is 0 Å². The molecule has 0 bridgehead atoms. The Hall–Kier alpha value is -1.13. The second kappa shape index (κ2) is 5.09. The lowest BCUT2D eigenvalue weighted by Gasteiger charge is -2.10. The van der Waals surface area contributed by atoms with E-state index in [1.807, 2.05) is 0 Å². The van der Waals surface area contributed by atoms with E-state index >= 15 is 0 Å². The third-order valence-corrected chi connectivity index (χ3v) is 2.42. The molecular weight excluding hydrogens is 221 g/mol. The molecule has 82 valence electrons. The number of nitrogens with one attached hydrogen (secondary N) is 1. The quantitative estimate of drug-likeness (QED) is 0.834. The Morgan fingerprint density at radius 1 is 1.67 bits per heavy atom. The van der Waals surface area contributed by atoms with Gasteiger partial charge in [-0.15, -0.1) is 0 Å². The van der Waals surface area contributed by atoms with Gasteiger partial charge in [0, 0.05) is 6.54 Å². The predicted octanol–water partition coefficient (Wildman–Crippen LogP) is 2.04. The van der Waals surface area contributed by atoms with Gasteiger partial charge in [0.1, 0.15) is 11.9 Å². The van der Waals surface area contributed by atoms with Gasteiger partial charge in [0.25, 0.3) is 0 Å². The number of hydrogen-bond acceptors (Lipinski definition) is 2. The first-order valence-corrected chi connectivity index (χ1v) is 4.79. The van der Waals surface area contributed by atoms with Crippen molar-refractivity contribution in [3.8, 4) is 0 Å². The third kappa shape index (κ3) is 3.18. The van der Waals surface area contributed by atoms with Crippen molar-refractivity contribution in [3.63, 3.8) is 0 Å². The van der Waals surface area contributed by atoms with E-state index in [1.165, 1.54) is 19.1 Å². The second-order valence-corrected chi connectivity index (χ2v) is 3.53. The van der Waals surface area contributed by atoms with E-state index in [-0.39, 0.29) is 11.6 Å². The molecule has 0 aliphatic heterocycles. The van der Waals surface area contributed by atoms with Gasteiger partial charge in [-0.1, -0.05) is 23.7 Å². The van der Waals surface area contributed by atoms with E-state index in [2.05, 4.69) is 5.32 Å². The molecule has 1 unspecified atom stereocenters. The molecule has 1 aromatic rings. The zero-order chi connectivity index (χ0) is 11.4. The maximum atomic E-state index is 13.0. The second-order valence-electron chi connectivity index (χ2n) is 3.15. The maximum absolute atomic E-state index is 13.0. The molecule has 0 aliphatic rings. The van der Waals surface area contributed by atoms with Gasteiger partial charge < -0.3 is 10.4 Å². The van der Waals surface area contributed by atoms with Crippen molar-refractivity contribution in [2.75, 3.05) is 0 Å². The van der Waals surface area contributed by atoms with Crippen molar-refractivity contribution >= 4 is 17.6 Å². The molecule has 0 spiro atoms. The number of carboxylic acid groups (broad SMARTS) is 1. The van der Waals surface area contributed by atoms with E-state index in [1.54, 1.807) is 6.07 Å². The molecule has 0 saturated heterocycles. The topological polar surface area (TPSA) is 49.3 Å². The van der Waals surface area contributed by atoms with Crippen LogP contribution >= 0.6 is 11.6 Å². The first kappa shape index (κ1) is 11.9. The fraction of sp³-hybridized carbons (Fsp3) is 0.300. The van der Waals surface area contributed by atoms with Crippen molar-refractivity contribution in [1.82, 2.24) is 5.32 Å². The average Bonchev–Trinajstić information content (AvgIpc) is 2.19. The smallest absolute Gasteiger partial charge is 0.320 e. The van der Waals surface area contributed by atoms with Crippen LogP contribution in [0.15, 0.2) is 18.2 Å². The van der Waals surface area contributed by atoms with Crippen molar-refractivity contribution < 1.29 is 14.3 Å². The zero-order valence-electron chi connectivity index (χ0n) is 8.13. The monoisotopic (exact) mass is 231 g/mol. The van der Waals surface area contributed by atoms with Crippen LogP contribution in [0.2, 0.25) is 5.02 Å². The summed E-state index contributed by atoms with van der Waals surface area (Å²) in [6.07, 6.45) is 0. The molecule has 0 heterocycles. The van der Waals surface area contributed by atoms with Gasteiger partial charge in [0.05, 0.1) is 5.02 Å². The molecule has 0 saturated carbocycles. The summed E-state index contributed by atoms with van der Waals surface area (Å²) in [5.74, 6) is -1.46. The molecule has 1 aromatic carbocycles. The Morgan fingerprint density at radius 2 is 2.33 bits per heavy atom. The van der Waals surface area contributed by atoms with E-state index in [0.29, 0.717) is 5.56 Å². The van der Waals surface area contributed by atoms with Gasteiger partial charge in [-0.2, -0.15) is 0 Å². The Kier molecular flexibility index (Phi) is 4.05. The summed E-state index contributed by atoms with van der Waals surface area (Å²) < 4.78 is 13.0. The van der Waals surface area contributed by atoms with Crippen molar-refractivity contribution in [1.29, 1.82) is 0 Å². The van der Waals surface area contributed by atoms with E-state index in [4.69, 9.17) is 16.7 Å². The number of benzene rings is 1. The molecule has 0 fully saturated rings. The number of rotatable bonds is 4. The molecule has 1 atom stereocenters. The summed E-state index contributed by atoms with van der Waals surface area (Å²) >= 11 is 5.69. The van der Waals surface area contributed by atoms with Crippen LogP contribution in [0.3, 0.4) is 0 Å². The minimum absolute atomic E-state index is 0.0302. The first-order chi connectivity index (χ1) is 7.02. The number of aliphatic carboxylic acids is 1. The minimum atomic E-state index is -0.956. The molecule has 0 radical (unpaired) electrons. The molecule has 5 heteroatoms. The summed E-state index contributed by atoms with van der Waals surface area (Å²) in [6.45, 7) is 1.74. The highest BCUT2D eigenvalue weighted by molar-refractivity contribution is 6.31. The van der Waals surface area contributed by atoms with Gasteiger partial charge in [-0.05, 0) is 18.6 Å². The van der Waals surface area contributed by atoms with Crippen LogP contribution in [0.25, 0.3) is 0 Å². The number of halogens is 2. The van der Waals surface area contributed by atoms with Crippen molar-refractivity contribution in [2.24, 2.45) is 0 Å². The van der Waals surface area contributed by atoms with Gasteiger partial charge in [0.2, 0.25) is 0 Å². The lowest BCUT2D eigenvalue weighted by molar-refractivity contribution is -0.139. The van der Waals surface area contributed by atoms with Crippen LogP contribution in [-0.2, 0) is 11.3 Å². The van der Waals surface area contributed by atoms with Crippen LogP contribution in [0.5, 0.6) is 0 Å². The Labute approximate surface area is 91.9 Å². The summed E-state index contributed by atoms with van der Waals surface area (Å²) in [4.78, 5) is 10.5. The van der Waals surface area contributed by atoms with Crippen molar-refractivity contribution in [2.45, 2.75) is 19.5 Å². The highest BCUT2D eigenvalue weighted by Gasteiger charge is 2.11. The number of carbonyl (C=O) groups is 1. The minimum Gasteiger partial charge on any atom is -0.480 e. The lowest BCUT2D eigenvalue weighted by atomic mass is 10.2. The lowest BCUT2D eigenvalue weighted by Crippen LogP contribution is -2.33. The highest BCUT2D eigenvalue weighted by atomic mass is 35.5. The zero-order valence-corrected chi connectivity index (χ0v) is 8.88. The predicted molar refractivity (Wildman–Crippen MR) is 55.3 cm³/mol. The Balaban J connectivity index is 2.66. The van der Waals surface area contributed by atoms with E-state index < -0.39 is 17.8 Å². The molecule has 0 aliphatic carbocycles. The van der Waals surface area contributed by atoms with Crippen LogP contribution in [0.4, 0.5) is 4.39 Å². The summed E-state index contributed by atoms with van der Waals surface area (Å²) in [5.41, 5.74) is 0.546. The first-order valence-electron chi connectivity index (χ1n) is 4.41. The summed E-state index contributed by atoms with van der Waals surface area (Å²) in [7, 11) is 0. The van der Waals surface area contributed by atoms with Gasteiger partial charge in [-0.25, -0.2) is 4.39 Å². The third-order valence-electron chi connectivity index (χ3n) is 2.00. The molecule has 0 amide bonds. The molecule has 1 rings (SSSR count). The average molecular weight is 232 g/mol. The standard InChI is InChI=1S/C10H11ClFNO2/c1-6(10(14)15)13-5-7-3-2-4-8(12)9(7)11/h2-4,6,13H,5H2,1H3,(H,14,15). The Bertz CT molecular complexity index is 370. The SMILES string of the molecule is CC(NCc1cccc(F)c1Cl)C(=O)O. The van der Waals surface area contributed by atoms with Crippen LogP contribution in [0, 0.1) is 5.82 Å². The molecule has 15 heavy (non-hydrogen) atoms. The highest BCUT2D eigenvalue weighted by Crippen LogP contribution is 2.19. The summed E-state index contributed by atoms with van der Waals surface area (Å²) in [5, 5.41) is 11.4. The molecule has 3 nitrogen and oxygen atoms in total. The molecular formula is C10H11ClFNO2.